The lowest BCUT2D eigenvalue weighted by atomic mass is 10.0. The van der Waals surface area contributed by atoms with Gasteiger partial charge in [-0.15, -0.1) is 6.58 Å². The van der Waals surface area contributed by atoms with Crippen LogP contribution in [0.2, 0.25) is 0 Å². The summed E-state index contributed by atoms with van der Waals surface area (Å²) in [6.07, 6.45) is 0.740. The first kappa shape index (κ1) is 18.6. The van der Waals surface area contributed by atoms with Crippen molar-refractivity contribution in [3.63, 3.8) is 0 Å². The van der Waals surface area contributed by atoms with Crippen LogP contribution in [0.4, 0.5) is 0 Å². The molecule has 0 N–H and O–H groups in total. The molecule has 0 bridgehead atoms. The number of rotatable bonds is 7. The van der Waals surface area contributed by atoms with Crippen molar-refractivity contribution in [2.45, 2.75) is 25.8 Å². The van der Waals surface area contributed by atoms with E-state index in [0.29, 0.717) is 17.5 Å². The van der Waals surface area contributed by atoms with Crippen LogP contribution in [0.25, 0.3) is 0 Å². The van der Waals surface area contributed by atoms with Crippen molar-refractivity contribution in [2.75, 3.05) is 6.61 Å². The lowest BCUT2D eigenvalue weighted by molar-refractivity contribution is -0.148. The first-order valence-corrected chi connectivity index (χ1v) is 8.81. The summed E-state index contributed by atoms with van der Waals surface area (Å²) in [6, 6.07) is 14.9. The van der Waals surface area contributed by atoms with E-state index in [-0.39, 0.29) is 13.0 Å². The molecule has 27 heavy (non-hydrogen) atoms. The molecule has 1 heterocycles. The Labute approximate surface area is 158 Å². The number of nitrogens with zero attached hydrogens (tertiary/aromatic N) is 1. The van der Waals surface area contributed by atoms with E-state index >= 15 is 0 Å². The molecule has 0 radical (unpaired) electrons. The number of amides is 2. The molecule has 2 amide bonds. The average Bonchev–Trinajstić information content (AvgIpc) is 2.91. The van der Waals surface area contributed by atoms with Crippen molar-refractivity contribution >= 4 is 17.8 Å². The second kappa shape index (κ2) is 7.99. The van der Waals surface area contributed by atoms with Gasteiger partial charge in [-0.25, -0.2) is 4.79 Å². The Hall–Kier alpha value is -3.21. The van der Waals surface area contributed by atoms with Gasteiger partial charge in [0.15, 0.2) is 0 Å². The molecule has 0 fully saturated rings. The van der Waals surface area contributed by atoms with E-state index in [0.717, 1.165) is 16.0 Å². The number of esters is 1. The molecule has 2 aromatic carbocycles. The summed E-state index contributed by atoms with van der Waals surface area (Å²) >= 11 is 0. The Kier molecular flexibility index (Phi) is 5.50. The second-order valence-corrected chi connectivity index (χ2v) is 6.61. The van der Waals surface area contributed by atoms with Gasteiger partial charge in [-0.1, -0.05) is 48.0 Å². The van der Waals surface area contributed by atoms with Crippen LogP contribution >= 0.6 is 0 Å². The van der Waals surface area contributed by atoms with Crippen LogP contribution in [0.5, 0.6) is 0 Å². The maximum atomic E-state index is 12.8. The largest absolute Gasteiger partial charge is 0.464 e. The molecule has 1 atom stereocenters. The van der Waals surface area contributed by atoms with Gasteiger partial charge in [0.2, 0.25) is 0 Å². The van der Waals surface area contributed by atoms with E-state index in [2.05, 4.69) is 6.58 Å². The summed E-state index contributed by atoms with van der Waals surface area (Å²) in [4.78, 5) is 39.4. The number of benzene rings is 2. The third-order valence-electron chi connectivity index (χ3n) is 4.45. The van der Waals surface area contributed by atoms with Crippen molar-refractivity contribution in [1.82, 2.24) is 4.90 Å². The average molecular weight is 363 g/mol. The van der Waals surface area contributed by atoms with Crippen LogP contribution in [-0.4, -0.2) is 35.3 Å². The highest BCUT2D eigenvalue weighted by Gasteiger charge is 2.43. The molecular formula is C22H21NO4. The van der Waals surface area contributed by atoms with Crippen molar-refractivity contribution in [2.24, 2.45) is 0 Å². The van der Waals surface area contributed by atoms with Gasteiger partial charge in [0, 0.05) is 12.8 Å². The monoisotopic (exact) mass is 363 g/mol. The van der Waals surface area contributed by atoms with Crippen LogP contribution in [-0.2, 0) is 16.0 Å². The highest BCUT2D eigenvalue weighted by Crippen LogP contribution is 2.26. The van der Waals surface area contributed by atoms with Gasteiger partial charge in [-0.2, -0.15) is 0 Å². The third-order valence-corrected chi connectivity index (χ3v) is 4.45. The zero-order valence-electron chi connectivity index (χ0n) is 15.2. The SMILES string of the molecule is C=C(C)CCOC(=O)[C@H](Cc1ccccc1)N1C(=O)c2ccccc2C1=O. The summed E-state index contributed by atoms with van der Waals surface area (Å²) in [5, 5.41) is 0. The fourth-order valence-electron chi connectivity index (χ4n) is 3.03. The Morgan fingerprint density at radius 1 is 1.00 bits per heavy atom. The molecule has 0 saturated carbocycles. The molecule has 1 aliphatic rings. The summed E-state index contributed by atoms with van der Waals surface area (Å²) < 4.78 is 5.35. The number of hydrogen-bond donors (Lipinski definition) is 0. The van der Waals surface area contributed by atoms with Gasteiger partial charge in [0.05, 0.1) is 17.7 Å². The number of imide groups is 1. The molecule has 3 rings (SSSR count). The Bertz CT molecular complexity index is 853. The topological polar surface area (TPSA) is 63.7 Å². The molecule has 5 nitrogen and oxygen atoms in total. The maximum absolute atomic E-state index is 12.8. The normalized spacial score (nSPS) is 14.0. The number of fused-ring (bicyclic) bond motifs is 1. The van der Waals surface area contributed by atoms with E-state index < -0.39 is 23.8 Å². The standard InChI is InChI=1S/C22H21NO4/c1-15(2)12-13-27-22(26)19(14-16-8-4-3-5-9-16)23-20(24)17-10-6-7-11-18(17)21(23)25/h3-11,19H,1,12-14H2,2H3/t19-/m0/s1. The van der Waals surface area contributed by atoms with Gasteiger partial charge in [0.1, 0.15) is 6.04 Å². The molecule has 2 aromatic rings. The first-order chi connectivity index (χ1) is 13.0. The van der Waals surface area contributed by atoms with Crippen LogP contribution < -0.4 is 0 Å². The van der Waals surface area contributed by atoms with Crippen LogP contribution in [0, 0.1) is 0 Å². The molecule has 138 valence electrons. The third kappa shape index (κ3) is 3.97. The van der Waals surface area contributed by atoms with Crippen molar-refractivity contribution in [3.8, 4) is 0 Å². The zero-order valence-corrected chi connectivity index (χ0v) is 15.2. The molecule has 0 spiro atoms. The fraction of sp³-hybridized carbons (Fsp3) is 0.227. The number of ether oxygens (including phenoxy) is 1. The Morgan fingerprint density at radius 2 is 1.56 bits per heavy atom. The number of carbonyl (C=O) groups is 3. The summed E-state index contributed by atoms with van der Waals surface area (Å²) in [5.74, 6) is -1.52. The van der Waals surface area contributed by atoms with E-state index in [9.17, 15) is 14.4 Å². The molecule has 0 aromatic heterocycles. The lowest BCUT2D eigenvalue weighted by Crippen LogP contribution is -2.47. The predicted octanol–water partition coefficient (Wildman–Crippen LogP) is 3.40. The molecule has 1 aliphatic heterocycles. The highest BCUT2D eigenvalue weighted by atomic mass is 16.5. The summed E-state index contributed by atoms with van der Waals surface area (Å²) in [7, 11) is 0. The quantitative estimate of drug-likeness (QED) is 0.430. The van der Waals surface area contributed by atoms with Crippen LogP contribution in [0.3, 0.4) is 0 Å². The van der Waals surface area contributed by atoms with Gasteiger partial charge >= 0.3 is 5.97 Å². The van der Waals surface area contributed by atoms with E-state index in [4.69, 9.17) is 4.74 Å². The van der Waals surface area contributed by atoms with Crippen LogP contribution in [0.15, 0.2) is 66.7 Å². The Morgan fingerprint density at radius 3 is 2.11 bits per heavy atom. The fourth-order valence-corrected chi connectivity index (χ4v) is 3.03. The van der Waals surface area contributed by atoms with Crippen molar-refractivity contribution in [1.29, 1.82) is 0 Å². The molecule has 5 heteroatoms. The van der Waals surface area contributed by atoms with E-state index in [1.54, 1.807) is 24.3 Å². The van der Waals surface area contributed by atoms with Gasteiger partial charge in [0.25, 0.3) is 11.8 Å². The minimum Gasteiger partial charge on any atom is -0.464 e. The van der Waals surface area contributed by atoms with Crippen molar-refractivity contribution < 1.29 is 19.1 Å². The lowest BCUT2D eigenvalue weighted by Gasteiger charge is -2.24. The summed E-state index contributed by atoms with van der Waals surface area (Å²) in [5.41, 5.74) is 2.37. The Balaban J connectivity index is 1.88. The van der Waals surface area contributed by atoms with Gasteiger partial charge in [-0.05, 0) is 24.6 Å². The van der Waals surface area contributed by atoms with E-state index in [1.807, 2.05) is 37.3 Å². The molecule has 0 saturated heterocycles. The molecule has 0 unspecified atom stereocenters. The van der Waals surface area contributed by atoms with Gasteiger partial charge < -0.3 is 4.74 Å². The first-order valence-electron chi connectivity index (χ1n) is 8.81. The second-order valence-electron chi connectivity index (χ2n) is 6.61. The highest BCUT2D eigenvalue weighted by molar-refractivity contribution is 6.22. The minimum atomic E-state index is -1.01. The van der Waals surface area contributed by atoms with E-state index in [1.165, 1.54) is 0 Å². The molecular weight excluding hydrogens is 342 g/mol. The van der Waals surface area contributed by atoms with Crippen molar-refractivity contribution in [3.05, 3.63) is 83.4 Å². The maximum Gasteiger partial charge on any atom is 0.329 e. The molecule has 0 aliphatic carbocycles. The van der Waals surface area contributed by atoms with Gasteiger partial charge in [-0.3, -0.25) is 14.5 Å². The number of hydrogen-bond acceptors (Lipinski definition) is 4. The minimum absolute atomic E-state index is 0.169. The zero-order chi connectivity index (χ0) is 19.4. The smallest absolute Gasteiger partial charge is 0.329 e. The predicted molar refractivity (Wildman–Crippen MR) is 101 cm³/mol. The summed E-state index contributed by atoms with van der Waals surface area (Å²) in [6.45, 7) is 5.80. The van der Waals surface area contributed by atoms with Crippen LogP contribution in [0.1, 0.15) is 39.6 Å². The number of carbonyl (C=O) groups excluding carboxylic acids is 3.